The molecule has 0 bridgehead atoms. The monoisotopic (exact) mass is 417 g/mol. The number of aromatic nitrogens is 2. The summed E-state index contributed by atoms with van der Waals surface area (Å²) in [6.45, 7) is 3.60. The van der Waals surface area contributed by atoms with E-state index in [1.54, 1.807) is 18.2 Å². The molecule has 1 saturated heterocycles. The molecule has 0 radical (unpaired) electrons. The van der Waals surface area contributed by atoms with Gasteiger partial charge in [-0.05, 0) is 62.9 Å². The van der Waals surface area contributed by atoms with E-state index in [-0.39, 0.29) is 18.0 Å². The zero-order valence-corrected chi connectivity index (χ0v) is 17.7. The number of imidazole rings is 1. The van der Waals surface area contributed by atoms with E-state index in [4.69, 9.17) is 4.98 Å². The first-order chi connectivity index (χ1) is 15.1. The highest BCUT2D eigenvalue weighted by molar-refractivity contribution is 5.97. The largest absolute Gasteiger partial charge is 0.349 e. The van der Waals surface area contributed by atoms with Crippen LogP contribution in [0.1, 0.15) is 54.8 Å². The number of likely N-dealkylation sites (tertiary alicyclic amines) is 1. The van der Waals surface area contributed by atoms with Gasteiger partial charge in [0, 0.05) is 30.4 Å². The minimum atomic E-state index is -0.156. The summed E-state index contributed by atoms with van der Waals surface area (Å²) in [6.07, 6.45) is 3.91. The van der Waals surface area contributed by atoms with Crippen molar-refractivity contribution in [3.63, 3.8) is 0 Å². The second kappa shape index (κ2) is 8.06. The number of carbonyl (C=O) groups is 2. The second-order valence-electron chi connectivity index (χ2n) is 8.31. The molecule has 7 nitrogen and oxygen atoms in total. The van der Waals surface area contributed by atoms with Gasteiger partial charge in [0.15, 0.2) is 0 Å². The van der Waals surface area contributed by atoms with Gasteiger partial charge in [-0.3, -0.25) is 4.79 Å². The van der Waals surface area contributed by atoms with Crippen molar-refractivity contribution in [2.24, 2.45) is 0 Å². The van der Waals surface area contributed by atoms with Crippen molar-refractivity contribution >= 4 is 28.7 Å². The minimum absolute atomic E-state index is 0.0614. The van der Waals surface area contributed by atoms with Crippen molar-refractivity contribution < 1.29 is 9.59 Å². The highest BCUT2D eigenvalue weighted by Crippen LogP contribution is 2.34. The number of fused-ring (bicyclic) bond motifs is 1. The topological polar surface area (TPSA) is 79.3 Å². The molecule has 1 aliphatic carbocycles. The molecule has 2 aliphatic rings. The third kappa shape index (κ3) is 3.87. The first-order valence-electron chi connectivity index (χ1n) is 11.1. The molecule has 2 aromatic carbocycles. The highest BCUT2D eigenvalue weighted by Gasteiger charge is 2.33. The fraction of sp³-hybridized carbons (Fsp3) is 0.375. The number of urea groups is 1. The Morgan fingerprint density at radius 1 is 1.10 bits per heavy atom. The summed E-state index contributed by atoms with van der Waals surface area (Å²) in [5, 5.41) is 5.98. The Morgan fingerprint density at radius 3 is 2.74 bits per heavy atom. The number of rotatable bonds is 5. The van der Waals surface area contributed by atoms with Crippen LogP contribution in [0.5, 0.6) is 0 Å². The lowest BCUT2D eigenvalue weighted by Crippen LogP contribution is -2.35. The predicted octanol–water partition coefficient (Wildman–Crippen LogP) is 4.32. The summed E-state index contributed by atoms with van der Waals surface area (Å²) in [5.41, 5.74) is 3.25. The Balaban J connectivity index is 1.35. The zero-order valence-electron chi connectivity index (χ0n) is 17.7. The summed E-state index contributed by atoms with van der Waals surface area (Å²) < 4.78 is 2.20. The SMILES string of the molecule is CCn1c(C2CCCN2C(=O)Nc2cccc(C(=O)NC3CC3)c2)nc2ccccc21. The van der Waals surface area contributed by atoms with Crippen LogP contribution in [0.4, 0.5) is 10.5 Å². The van der Waals surface area contributed by atoms with Crippen LogP contribution in [0, 0.1) is 0 Å². The van der Waals surface area contributed by atoms with Gasteiger partial charge in [0.25, 0.3) is 5.91 Å². The quantitative estimate of drug-likeness (QED) is 0.649. The molecule has 1 unspecified atom stereocenters. The van der Waals surface area contributed by atoms with E-state index in [9.17, 15) is 9.59 Å². The lowest BCUT2D eigenvalue weighted by atomic mass is 10.2. The number of aryl methyl sites for hydroxylation is 1. The summed E-state index contributed by atoms with van der Waals surface area (Å²) in [5.74, 6) is 0.850. The van der Waals surface area contributed by atoms with Gasteiger partial charge in [-0.2, -0.15) is 0 Å². The molecule has 1 aromatic heterocycles. The molecule has 2 fully saturated rings. The maximum absolute atomic E-state index is 13.2. The van der Waals surface area contributed by atoms with Crippen LogP contribution in [0.2, 0.25) is 0 Å². The highest BCUT2D eigenvalue weighted by atomic mass is 16.2. The summed E-state index contributed by atoms with van der Waals surface area (Å²) in [4.78, 5) is 32.2. The third-order valence-electron chi connectivity index (χ3n) is 6.10. The fourth-order valence-electron chi connectivity index (χ4n) is 4.39. The summed E-state index contributed by atoms with van der Waals surface area (Å²) >= 11 is 0. The fourth-order valence-corrected chi connectivity index (χ4v) is 4.39. The van der Waals surface area contributed by atoms with Gasteiger partial charge in [-0.15, -0.1) is 0 Å². The van der Waals surface area contributed by atoms with E-state index < -0.39 is 0 Å². The summed E-state index contributed by atoms with van der Waals surface area (Å²) in [6, 6.07) is 15.3. The van der Waals surface area contributed by atoms with Crippen molar-refractivity contribution in [2.75, 3.05) is 11.9 Å². The first kappa shape index (κ1) is 19.6. The van der Waals surface area contributed by atoms with Crippen LogP contribution < -0.4 is 10.6 Å². The molecule has 5 rings (SSSR count). The van der Waals surface area contributed by atoms with Crippen molar-refractivity contribution in [1.82, 2.24) is 19.8 Å². The Morgan fingerprint density at radius 2 is 1.94 bits per heavy atom. The number of nitrogens with zero attached hydrogens (tertiary/aromatic N) is 3. The number of hydrogen-bond acceptors (Lipinski definition) is 3. The van der Waals surface area contributed by atoms with E-state index in [2.05, 4.69) is 28.2 Å². The molecule has 1 aliphatic heterocycles. The minimum Gasteiger partial charge on any atom is -0.349 e. The Hall–Kier alpha value is -3.35. The van der Waals surface area contributed by atoms with Crippen LogP contribution in [-0.2, 0) is 6.54 Å². The second-order valence-corrected chi connectivity index (χ2v) is 8.31. The maximum Gasteiger partial charge on any atom is 0.322 e. The molecular weight excluding hydrogens is 390 g/mol. The average Bonchev–Trinajstić information content (AvgIpc) is 3.33. The van der Waals surface area contributed by atoms with Crippen LogP contribution in [0.15, 0.2) is 48.5 Å². The number of carbonyl (C=O) groups excluding carboxylic acids is 2. The van der Waals surface area contributed by atoms with Crippen LogP contribution in [0.25, 0.3) is 11.0 Å². The number of hydrogen-bond donors (Lipinski definition) is 2. The molecule has 160 valence electrons. The van der Waals surface area contributed by atoms with Crippen LogP contribution in [-0.4, -0.2) is 39.0 Å². The number of benzene rings is 2. The van der Waals surface area contributed by atoms with Gasteiger partial charge in [0.1, 0.15) is 5.82 Å². The lowest BCUT2D eigenvalue weighted by molar-refractivity contribution is 0.0951. The molecule has 3 aromatic rings. The van der Waals surface area contributed by atoms with E-state index in [0.717, 1.165) is 49.1 Å². The number of nitrogens with one attached hydrogen (secondary N) is 2. The molecule has 2 N–H and O–H groups in total. The van der Waals surface area contributed by atoms with Crippen molar-refractivity contribution in [3.8, 4) is 0 Å². The average molecular weight is 418 g/mol. The van der Waals surface area contributed by atoms with Gasteiger partial charge in [-0.25, -0.2) is 9.78 Å². The van der Waals surface area contributed by atoms with Gasteiger partial charge in [0.2, 0.25) is 0 Å². The third-order valence-corrected chi connectivity index (χ3v) is 6.10. The van der Waals surface area contributed by atoms with Gasteiger partial charge in [0.05, 0.1) is 17.1 Å². The molecule has 7 heteroatoms. The number of para-hydroxylation sites is 2. The van der Waals surface area contributed by atoms with Crippen LogP contribution >= 0.6 is 0 Å². The van der Waals surface area contributed by atoms with E-state index in [1.165, 1.54) is 0 Å². The molecular formula is C24H27N5O2. The van der Waals surface area contributed by atoms with E-state index in [0.29, 0.717) is 23.8 Å². The smallest absolute Gasteiger partial charge is 0.322 e. The lowest BCUT2D eigenvalue weighted by Gasteiger charge is -2.25. The predicted molar refractivity (Wildman–Crippen MR) is 120 cm³/mol. The van der Waals surface area contributed by atoms with E-state index >= 15 is 0 Å². The number of anilines is 1. The Bertz CT molecular complexity index is 1130. The Kier molecular flexibility index (Phi) is 5.10. The molecule has 3 amide bonds. The first-order valence-corrected chi connectivity index (χ1v) is 11.1. The van der Waals surface area contributed by atoms with Crippen molar-refractivity contribution in [2.45, 2.75) is 51.2 Å². The van der Waals surface area contributed by atoms with Crippen LogP contribution in [0.3, 0.4) is 0 Å². The molecule has 31 heavy (non-hydrogen) atoms. The normalized spacial score (nSPS) is 18.4. The van der Waals surface area contributed by atoms with Crippen molar-refractivity contribution in [1.29, 1.82) is 0 Å². The summed E-state index contributed by atoms with van der Waals surface area (Å²) in [7, 11) is 0. The maximum atomic E-state index is 13.2. The van der Waals surface area contributed by atoms with Gasteiger partial charge < -0.3 is 20.1 Å². The molecule has 1 atom stereocenters. The molecule has 1 saturated carbocycles. The Labute approximate surface area is 181 Å². The zero-order chi connectivity index (χ0) is 21.4. The molecule has 2 heterocycles. The van der Waals surface area contributed by atoms with Gasteiger partial charge >= 0.3 is 6.03 Å². The number of amides is 3. The van der Waals surface area contributed by atoms with E-state index in [1.807, 2.05) is 29.2 Å². The van der Waals surface area contributed by atoms with Crippen molar-refractivity contribution in [3.05, 3.63) is 59.9 Å². The van der Waals surface area contributed by atoms with Gasteiger partial charge in [-0.1, -0.05) is 18.2 Å². The molecule has 0 spiro atoms. The standard InChI is InChI=1S/C24H27N5O2/c1-2-28-20-10-4-3-9-19(20)27-22(28)21-11-6-14-29(21)24(31)26-18-8-5-7-16(15-18)23(30)25-17-12-13-17/h3-5,7-10,15,17,21H,2,6,11-14H2,1H3,(H,25,30)(H,26,31).